The number of hydrogen-bond acceptors (Lipinski definition) is 6. The summed E-state index contributed by atoms with van der Waals surface area (Å²) in [4.78, 5) is 20.9. The van der Waals surface area contributed by atoms with E-state index in [9.17, 15) is 14.4 Å². The molecule has 0 radical (unpaired) electrons. The number of nitrogens with zero attached hydrogens (tertiary/aromatic N) is 3. The fourth-order valence-electron chi connectivity index (χ4n) is 4.46. The molecule has 3 rings (SSSR count). The van der Waals surface area contributed by atoms with E-state index in [1.54, 1.807) is 12.1 Å². The van der Waals surface area contributed by atoms with Crippen LogP contribution in [0.15, 0.2) is 30.6 Å². The highest BCUT2D eigenvalue weighted by Gasteiger charge is 2.27. The summed E-state index contributed by atoms with van der Waals surface area (Å²) in [6.07, 6.45) is 11.3. The number of alkyl halides is 1. The third kappa shape index (κ3) is 8.29. The van der Waals surface area contributed by atoms with Crippen molar-refractivity contribution in [2.45, 2.75) is 96.8 Å². The van der Waals surface area contributed by atoms with Crippen molar-refractivity contribution in [1.29, 1.82) is 5.26 Å². The highest BCUT2D eigenvalue weighted by molar-refractivity contribution is 5.74. The molecule has 0 bridgehead atoms. The fraction of sp³-hybridized carbons (Fsp3) is 0.586. The van der Waals surface area contributed by atoms with Crippen molar-refractivity contribution >= 4 is 5.97 Å². The molecule has 0 spiro atoms. The number of nitriles is 1. The Bertz CT molecular complexity index is 998. The third-order valence-corrected chi connectivity index (χ3v) is 6.75. The number of rotatable bonds is 13. The van der Waals surface area contributed by atoms with E-state index >= 15 is 0 Å². The summed E-state index contributed by atoms with van der Waals surface area (Å²) in [7, 11) is 0. The number of unbranched alkanes of at least 4 members (excludes halogenated alkanes) is 3. The topological polar surface area (TPSA) is 85.1 Å². The third-order valence-electron chi connectivity index (χ3n) is 6.75. The molecule has 0 unspecified atom stereocenters. The number of aryl methyl sites for hydroxylation is 1. The Hall–Kier alpha value is -3.01. The van der Waals surface area contributed by atoms with E-state index in [1.165, 1.54) is 12.8 Å². The van der Waals surface area contributed by atoms with Gasteiger partial charge in [0.2, 0.25) is 0 Å². The molecule has 2 aromatic rings. The molecule has 1 aromatic carbocycles. The van der Waals surface area contributed by atoms with E-state index in [0.717, 1.165) is 43.2 Å². The molecule has 36 heavy (non-hydrogen) atoms. The second kappa shape index (κ2) is 14.5. The van der Waals surface area contributed by atoms with E-state index in [-0.39, 0.29) is 12.5 Å². The standard InChI is InChI=1S/C29H38FN3O3/c1-3-5-7-8-22-18-32-28(33-19-22)23-12-15-27(24(16-23)17-31)35-20-21-10-13-25(14-11-21)36-29(34)26(30)9-6-4-2/h12,15-16,18-19,21,25-26H,3-11,13-14,20H2,1-2H3/t21-,25-,26-/m0/s1. The van der Waals surface area contributed by atoms with Crippen LogP contribution in [-0.2, 0) is 16.0 Å². The van der Waals surface area contributed by atoms with Gasteiger partial charge in [-0.1, -0.05) is 39.5 Å². The average Bonchev–Trinajstić information content (AvgIpc) is 2.91. The van der Waals surface area contributed by atoms with E-state index < -0.39 is 12.1 Å². The van der Waals surface area contributed by atoms with E-state index in [4.69, 9.17) is 9.47 Å². The molecule has 1 aliphatic carbocycles. The number of carbonyl (C=O) groups is 1. The first-order valence-corrected chi connectivity index (χ1v) is 13.4. The lowest BCUT2D eigenvalue weighted by atomic mass is 9.88. The second-order valence-electron chi connectivity index (χ2n) is 9.70. The minimum Gasteiger partial charge on any atom is -0.492 e. The first-order valence-electron chi connectivity index (χ1n) is 13.4. The van der Waals surface area contributed by atoms with Crippen LogP contribution in [0.25, 0.3) is 11.4 Å². The summed E-state index contributed by atoms with van der Waals surface area (Å²) in [5, 5.41) is 9.66. The predicted octanol–water partition coefficient (Wildman–Crippen LogP) is 6.76. The van der Waals surface area contributed by atoms with Gasteiger partial charge in [0, 0.05) is 18.0 Å². The van der Waals surface area contributed by atoms with Crippen LogP contribution in [0.5, 0.6) is 5.75 Å². The van der Waals surface area contributed by atoms with Crippen LogP contribution in [0.3, 0.4) is 0 Å². The highest BCUT2D eigenvalue weighted by atomic mass is 19.1. The van der Waals surface area contributed by atoms with Crippen LogP contribution >= 0.6 is 0 Å². The Morgan fingerprint density at radius 1 is 1.11 bits per heavy atom. The summed E-state index contributed by atoms with van der Waals surface area (Å²) in [6, 6.07) is 7.67. The van der Waals surface area contributed by atoms with Crippen molar-refractivity contribution in [3.05, 3.63) is 41.7 Å². The molecule has 1 fully saturated rings. The maximum atomic E-state index is 13.9. The summed E-state index contributed by atoms with van der Waals surface area (Å²) in [6.45, 7) is 4.64. The molecule has 0 aliphatic heterocycles. The van der Waals surface area contributed by atoms with Gasteiger partial charge in [-0.2, -0.15) is 5.26 Å². The fourth-order valence-corrected chi connectivity index (χ4v) is 4.46. The zero-order valence-electron chi connectivity index (χ0n) is 21.5. The quantitative estimate of drug-likeness (QED) is 0.225. The van der Waals surface area contributed by atoms with E-state index in [2.05, 4.69) is 23.0 Å². The monoisotopic (exact) mass is 495 g/mol. The van der Waals surface area contributed by atoms with Crippen LogP contribution < -0.4 is 4.74 Å². The van der Waals surface area contributed by atoms with Gasteiger partial charge in [-0.25, -0.2) is 19.2 Å². The molecule has 7 heteroatoms. The van der Waals surface area contributed by atoms with Crippen molar-refractivity contribution in [3.63, 3.8) is 0 Å². The van der Waals surface area contributed by atoms with Gasteiger partial charge in [0.05, 0.1) is 12.2 Å². The molecule has 1 heterocycles. The second-order valence-corrected chi connectivity index (χ2v) is 9.70. The van der Waals surface area contributed by atoms with Crippen molar-refractivity contribution in [2.24, 2.45) is 5.92 Å². The molecule has 6 nitrogen and oxygen atoms in total. The van der Waals surface area contributed by atoms with Gasteiger partial charge in [-0.15, -0.1) is 0 Å². The molecule has 194 valence electrons. The van der Waals surface area contributed by atoms with Gasteiger partial charge in [0.15, 0.2) is 12.0 Å². The Balaban J connectivity index is 1.48. The largest absolute Gasteiger partial charge is 0.492 e. The Morgan fingerprint density at radius 2 is 1.83 bits per heavy atom. The van der Waals surface area contributed by atoms with Gasteiger partial charge < -0.3 is 9.47 Å². The zero-order valence-corrected chi connectivity index (χ0v) is 21.5. The maximum absolute atomic E-state index is 13.9. The normalized spacial score (nSPS) is 18.3. The lowest BCUT2D eigenvalue weighted by Gasteiger charge is -2.28. The maximum Gasteiger partial charge on any atom is 0.340 e. The highest BCUT2D eigenvalue weighted by Crippen LogP contribution is 2.30. The van der Waals surface area contributed by atoms with Crippen molar-refractivity contribution in [2.75, 3.05) is 6.61 Å². The van der Waals surface area contributed by atoms with E-state index in [0.29, 0.717) is 48.9 Å². The first-order chi connectivity index (χ1) is 17.5. The lowest BCUT2D eigenvalue weighted by molar-refractivity contribution is -0.157. The molecular weight excluding hydrogens is 457 g/mol. The smallest absolute Gasteiger partial charge is 0.340 e. The summed E-state index contributed by atoms with van der Waals surface area (Å²) < 4.78 is 25.3. The number of benzene rings is 1. The number of ether oxygens (including phenoxy) is 2. The summed E-state index contributed by atoms with van der Waals surface area (Å²) in [5.74, 6) is 0.714. The SMILES string of the molecule is CCCCCc1cnc(-c2ccc(OC[C@H]3CC[C@H](OC(=O)[C@@H](F)CCCC)CC3)c(C#N)c2)nc1. The molecule has 0 N–H and O–H groups in total. The molecule has 1 aliphatic rings. The predicted molar refractivity (Wildman–Crippen MR) is 137 cm³/mol. The average molecular weight is 496 g/mol. The van der Waals surface area contributed by atoms with Crippen molar-refractivity contribution in [1.82, 2.24) is 9.97 Å². The zero-order chi connectivity index (χ0) is 25.8. The van der Waals surface area contributed by atoms with Gasteiger partial charge >= 0.3 is 5.97 Å². The van der Waals surface area contributed by atoms with Gasteiger partial charge in [-0.05, 0) is 74.6 Å². The Kier molecular flexibility index (Phi) is 11.1. The first kappa shape index (κ1) is 27.6. The van der Waals surface area contributed by atoms with Crippen LogP contribution in [0.1, 0.15) is 89.2 Å². The van der Waals surface area contributed by atoms with Crippen LogP contribution in [0, 0.1) is 17.2 Å². The Morgan fingerprint density at radius 3 is 2.50 bits per heavy atom. The van der Waals surface area contributed by atoms with Crippen LogP contribution in [-0.4, -0.2) is 34.8 Å². The summed E-state index contributed by atoms with van der Waals surface area (Å²) in [5.41, 5.74) is 2.36. The Labute approximate surface area is 214 Å². The van der Waals surface area contributed by atoms with Crippen molar-refractivity contribution < 1.29 is 18.7 Å². The van der Waals surface area contributed by atoms with Gasteiger partial charge in [-0.3, -0.25) is 0 Å². The molecular formula is C29H38FN3O3. The lowest BCUT2D eigenvalue weighted by Crippen LogP contribution is -2.30. The molecule has 1 atom stereocenters. The number of esters is 1. The molecule has 1 aromatic heterocycles. The molecule has 0 saturated heterocycles. The van der Waals surface area contributed by atoms with Gasteiger partial charge in [0.25, 0.3) is 0 Å². The molecule has 0 amide bonds. The molecule has 1 saturated carbocycles. The number of carbonyl (C=O) groups excluding carboxylic acids is 1. The van der Waals surface area contributed by atoms with Crippen LogP contribution in [0.4, 0.5) is 4.39 Å². The summed E-state index contributed by atoms with van der Waals surface area (Å²) >= 11 is 0. The van der Waals surface area contributed by atoms with Crippen LogP contribution in [0.2, 0.25) is 0 Å². The number of halogens is 1. The van der Waals surface area contributed by atoms with Crippen molar-refractivity contribution in [3.8, 4) is 23.2 Å². The number of aromatic nitrogens is 2. The van der Waals surface area contributed by atoms with E-state index in [1.807, 2.05) is 25.4 Å². The minimum atomic E-state index is -1.52. The number of hydrogen-bond donors (Lipinski definition) is 0. The van der Waals surface area contributed by atoms with Gasteiger partial charge in [0.1, 0.15) is 17.9 Å². The minimum absolute atomic E-state index is 0.222.